The van der Waals surface area contributed by atoms with Crippen molar-refractivity contribution in [1.82, 2.24) is 10.1 Å². The van der Waals surface area contributed by atoms with E-state index in [0.717, 1.165) is 47.9 Å². The molecule has 0 amide bonds. The summed E-state index contributed by atoms with van der Waals surface area (Å²) in [5, 5.41) is 4.08. The molecule has 1 unspecified atom stereocenters. The van der Waals surface area contributed by atoms with Gasteiger partial charge in [-0.3, -0.25) is 9.79 Å². The molecule has 1 aromatic heterocycles. The van der Waals surface area contributed by atoms with Gasteiger partial charge in [0.15, 0.2) is 0 Å². The quantitative estimate of drug-likeness (QED) is 0.309. The first-order valence-electron chi connectivity index (χ1n) is 14.3. The predicted octanol–water partition coefficient (Wildman–Crippen LogP) is 6.18. The molecule has 0 bridgehead atoms. The molecule has 6 rings (SSSR count). The van der Waals surface area contributed by atoms with E-state index in [-0.39, 0.29) is 23.5 Å². The molecule has 0 N–H and O–H groups in total. The molecule has 0 radical (unpaired) electrons. The van der Waals surface area contributed by atoms with Gasteiger partial charge in [0.1, 0.15) is 17.3 Å². The molecule has 40 heavy (non-hydrogen) atoms. The highest BCUT2D eigenvalue weighted by molar-refractivity contribution is 6.05. The van der Waals surface area contributed by atoms with Crippen molar-refractivity contribution < 1.29 is 14.1 Å². The summed E-state index contributed by atoms with van der Waals surface area (Å²) in [4.78, 5) is 19.9. The second kappa shape index (κ2) is 10.2. The highest BCUT2D eigenvalue weighted by atomic mass is 16.5. The molecule has 1 fully saturated rings. The molecular weight excluding hydrogens is 498 g/mol. The molecule has 208 valence electrons. The number of Topliss-reactive ketones (excluding diaryl/α,β-unsaturated/α-hetero) is 1. The standard InChI is InChI=1S/C34H39N3O3/c1-33(2,3)32-18-25(36-40-32)17-26(38)14-22-6-8-23(9-7-22)30-19-29-28-11-10-27(15-24(28)16-31(29)35-30)39-21-34(12-13-34)20-37(4)5/h6-11,15,18-19,29H,12-14,16-17,20-21H2,1-5H3. The third-order valence-corrected chi connectivity index (χ3v) is 8.25. The van der Waals surface area contributed by atoms with E-state index in [2.05, 4.69) is 81.3 Å². The van der Waals surface area contributed by atoms with E-state index in [1.165, 1.54) is 29.7 Å². The maximum atomic E-state index is 12.7. The Balaban J connectivity index is 1.06. The van der Waals surface area contributed by atoms with Crippen LogP contribution in [0.15, 0.2) is 64.1 Å². The van der Waals surface area contributed by atoms with E-state index in [9.17, 15) is 4.79 Å². The number of nitrogens with zero attached hydrogens (tertiary/aromatic N) is 3. The van der Waals surface area contributed by atoms with E-state index in [1.54, 1.807) is 0 Å². The third-order valence-electron chi connectivity index (χ3n) is 8.25. The van der Waals surface area contributed by atoms with Crippen molar-refractivity contribution in [1.29, 1.82) is 0 Å². The molecular formula is C34H39N3O3. The third kappa shape index (κ3) is 5.68. The minimum absolute atomic E-state index is 0.120. The number of ketones is 1. The van der Waals surface area contributed by atoms with Gasteiger partial charge in [0.25, 0.3) is 0 Å². The van der Waals surface area contributed by atoms with Gasteiger partial charge in [0, 0.05) is 47.9 Å². The number of hydrogen-bond acceptors (Lipinski definition) is 6. The van der Waals surface area contributed by atoms with Gasteiger partial charge in [0.05, 0.1) is 24.4 Å². The van der Waals surface area contributed by atoms with Crippen LogP contribution in [0.25, 0.3) is 5.70 Å². The number of aromatic nitrogens is 1. The summed E-state index contributed by atoms with van der Waals surface area (Å²) < 4.78 is 11.7. The second-order valence-corrected chi connectivity index (χ2v) is 13.2. The highest BCUT2D eigenvalue weighted by Crippen LogP contribution is 2.47. The number of fused-ring (bicyclic) bond motifs is 3. The zero-order valence-corrected chi connectivity index (χ0v) is 24.3. The fourth-order valence-electron chi connectivity index (χ4n) is 5.88. The van der Waals surface area contributed by atoms with Gasteiger partial charge in [-0.15, -0.1) is 0 Å². The Morgan fingerprint density at radius 2 is 1.85 bits per heavy atom. The maximum Gasteiger partial charge on any atom is 0.143 e. The zero-order chi connectivity index (χ0) is 28.1. The molecule has 0 spiro atoms. The van der Waals surface area contributed by atoms with Crippen molar-refractivity contribution in [3.8, 4) is 5.75 Å². The van der Waals surface area contributed by atoms with Gasteiger partial charge in [-0.2, -0.15) is 0 Å². The van der Waals surface area contributed by atoms with Crippen LogP contribution in [-0.2, 0) is 29.5 Å². The summed E-state index contributed by atoms with van der Waals surface area (Å²) in [7, 11) is 4.27. The minimum atomic E-state index is -0.120. The van der Waals surface area contributed by atoms with Crippen molar-refractivity contribution >= 4 is 17.2 Å². The molecule has 3 aliphatic rings. The number of carbonyl (C=O) groups is 1. The second-order valence-electron chi connectivity index (χ2n) is 13.2. The van der Waals surface area contributed by atoms with Crippen LogP contribution < -0.4 is 4.74 Å². The Bertz CT molecular complexity index is 1480. The fraction of sp³-hybridized carbons (Fsp3) is 0.441. The summed E-state index contributed by atoms with van der Waals surface area (Å²) in [6.45, 7) is 8.08. The average Bonchev–Trinajstić information content (AvgIpc) is 3.20. The molecule has 6 heteroatoms. The number of aliphatic imine (C=N–C) groups is 1. The molecule has 2 heterocycles. The van der Waals surface area contributed by atoms with Crippen molar-refractivity contribution in [2.45, 2.75) is 64.2 Å². The lowest BCUT2D eigenvalue weighted by Crippen LogP contribution is -2.27. The van der Waals surface area contributed by atoms with E-state index >= 15 is 0 Å². The van der Waals surface area contributed by atoms with Crippen LogP contribution in [0.1, 0.15) is 73.2 Å². The lowest BCUT2D eigenvalue weighted by atomic mass is 9.93. The van der Waals surface area contributed by atoms with Gasteiger partial charge in [-0.25, -0.2) is 0 Å². The molecule has 1 atom stereocenters. The van der Waals surface area contributed by atoms with Crippen molar-refractivity contribution in [2.24, 2.45) is 10.4 Å². The molecule has 1 saturated carbocycles. The number of rotatable bonds is 10. The molecule has 0 saturated heterocycles. The summed E-state index contributed by atoms with van der Waals surface area (Å²) in [5.41, 5.74) is 7.86. The Morgan fingerprint density at radius 3 is 2.52 bits per heavy atom. The van der Waals surface area contributed by atoms with Crippen molar-refractivity contribution in [3.05, 3.63) is 88.3 Å². The van der Waals surface area contributed by atoms with Gasteiger partial charge < -0.3 is 14.2 Å². The van der Waals surface area contributed by atoms with E-state index in [0.29, 0.717) is 17.5 Å². The van der Waals surface area contributed by atoms with Crippen LogP contribution in [0.5, 0.6) is 5.75 Å². The highest BCUT2D eigenvalue weighted by Gasteiger charge is 2.44. The van der Waals surface area contributed by atoms with Crippen molar-refractivity contribution in [3.63, 3.8) is 0 Å². The predicted molar refractivity (Wildman–Crippen MR) is 158 cm³/mol. The van der Waals surface area contributed by atoms with Gasteiger partial charge >= 0.3 is 0 Å². The van der Waals surface area contributed by atoms with E-state index in [1.807, 2.05) is 18.2 Å². The first-order chi connectivity index (χ1) is 19.1. The molecule has 1 aliphatic heterocycles. The molecule has 6 nitrogen and oxygen atoms in total. The average molecular weight is 538 g/mol. The minimum Gasteiger partial charge on any atom is -0.493 e. The lowest BCUT2D eigenvalue weighted by molar-refractivity contribution is -0.117. The maximum absolute atomic E-state index is 12.7. The van der Waals surface area contributed by atoms with Gasteiger partial charge in [-0.05, 0) is 67.4 Å². The van der Waals surface area contributed by atoms with Gasteiger partial charge in [0.2, 0.25) is 0 Å². The normalized spacial score (nSPS) is 18.8. The van der Waals surface area contributed by atoms with Crippen molar-refractivity contribution in [2.75, 3.05) is 27.2 Å². The van der Waals surface area contributed by atoms with Crippen LogP contribution in [0.4, 0.5) is 0 Å². The van der Waals surface area contributed by atoms with E-state index in [4.69, 9.17) is 14.3 Å². The molecule has 3 aromatic rings. The summed E-state index contributed by atoms with van der Waals surface area (Å²) in [6.07, 6.45) is 6.30. The van der Waals surface area contributed by atoms with Crippen LogP contribution in [0.2, 0.25) is 0 Å². The SMILES string of the molecule is CN(C)CC1(COc2ccc3c(c2)CC2=NC(c4ccc(CC(=O)Cc5cc(C(C)(C)C)on5)cc4)=CC23)CC1. The lowest BCUT2D eigenvalue weighted by Gasteiger charge is -2.20. The fourth-order valence-corrected chi connectivity index (χ4v) is 5.88. The van der Waals surface area contributed by atoms with Crippen LogP contribution in [0.3, 0.4) is 0 Å². The topological polar surface area (TPSA) is 67.9 Å². The summed E-state index contributed by atoms with van der Waals surface area (Å²) in [5.74, 6) is 2.14. The Morgan fingerprint density at radius 1 is 1.07 bits per heavy atom. The number of carbonyl (C=O) groups excluding carboxylic acids is 1. The Kier molecular flexibility index (Phi) is 6.78. The largest absolute Gasteiger partial charge is 0.493 e. The number of benzene rings is 2. The number of allylic oxidation sites excluding steroid dienone is 1. The van der Waals surface area contributed by atoms with Gasteiger partial charge in [-0.1, -0.05) is 56.3 Å². The summed E-state index contributed by atoms with van der Waals surface area (Å²) >= 11 is 0. The Labute approximate surface area is 237 Å². The first-order valence-corrected chi connectivity index (χ1v) is 14.3. The van der Waals surface area contributed by atoms with E-state index < -0.39 is 0 Å². The molecule has 2 aliphatic carbocycles. The zero-order valence-electron chi connectivity index (χ0n) is 24.3. The first kappa shape index (κ1) is 26.7. The molecule has 2 aromatic carbocycles. The number of ether oxygens (including phenoxy) is 1. The monoisotopic (exact) mass is 537 g/mol. The number of hydrogen-bond donors (Lipinski definition) is 0. The van der Waals surface area contributed by atoms with Crippen LogP contribution >= 0.6 is 0 Å². The smallest absolute Gasteiger partial charge is 0.143 e. The van der Waals surface area contributed by atoms with Crippen LogP contribution in [0, 0.1) is 5.41 Å². The van der Waals surface area contributed by atoms with Crippen LogP contribution in [-0.4, -0.2) is 48.8 Å². The Hall–Kier alpha value is -3.51. The summed E-state index contributed by atoms with van der Waals surface area (Å²) in [6, 6.07) is 16.7.